The van der Waals surface area contributed by atoms with Crippen LogP contribution in [-0.2, 0) is 4.79 Å². The fourth-order valence-corrected chi connectivity index (χ4v) is 4.15. The Labute approximate surface area is 141 Å². The number of carbonyl (C=O) groups is 1. The van der Waals surface area contributed by atoms with E-state index in [0.717, 1.165) is 42.1 Å². The van der Waals surface area contributed by atoms with Crippen LogP contribution in [-0.4, -0.2) is 24.2 Å². The highest BCUT2D eigenvalue weighted by molar-refractivity contribution is 7.99. The summed E-state index contributed by atoms with van der Waals surface area (Å²) in [6, 6.07) is 6.03. The average Bonchev–Trinajstić information content (AvgIpc) is 2.49. The number of hydrogen-bond acceptors (Lipinski definition) is 3. The van der Waals surface area contributed by atoms with Crippen LogP contribution >= 0.6 is 35.8 Å². The van der Waals surface area contributed by atoms with E-state index in [9.17, 15) is 4.79 Å². The van der Waals surface area contributed by atoms with E-state index >= 15 is 0 Å². The van der Waals surface area contributed by atoms with Crippen molar-refractivity contribution >= 4 is 41.7 Å². The van der Waals surface area contributed by atoms with E-state index in [1.165, 1.54) is 11.3 Å². The normalized spacial score (nSPS) is 24.6. The van der Waals surface area contributed by atoms with Crippen molar-refractivity contribution in [3.63, 3.8) is 0 Å². The molecule has 3 rings (SSSR count). The first kappa shape index (κ1) is 16.9. The standard InChI is InChI=1S/C15H19ClN2OS.ClH/c16-10-4-5-14-11(9-10)12(6-8-20-14)18-15(19)13-3-1-2-7-17-13;/h4-5,9,12-13,17H,1-3,6-8H2,(H,18,19);1H/t12?,13-;/m1./s1. The van der Waals surface area contributed by atoms with E-state index in [2.05, 4.69) is 16.7 Å². The highest BCUT2D eigenvalue weighted by Crippen LogP contribution is 2.37. The van der Waals surface area contributed by atoms with Gasteiger partial charge in [0.2, 0.25) is 5.91 Å². The van der Waals surface area contributed by atoms with Crippen molar-refractivity contribution in [2.24, 2.45) is 0 Å². The maximum absolute atomic E-state index is 12.3. The van der Waals surface area contributed by atoms with Gasteiger partial charge < -0.3 is 10.6 Å². The summed E-state index contributed by atoms with van der Waals surface area (Å²) >= 11 is 7.93. The Bertz CT molecular complexity index is 506. The molecule has 0 aromatic heterocycles. The van der Waals surface area contributed by atoms with Crippen LogP contribution in [0.3, 0.4) is 0 Å². The third kappa shape index (κ3) is 4.07. The number of fused-ring (bicyclic) bond motifs is 1. The van der Waals surface area contributed by atoms with Crippen LogP contribution in [0.2, 0.25) is 5.02 Å². The van der Waals surface area contributed by atoms with Gasteiger partial charge in [-0.2, -0.15) is 0 Å². The molecule has 6 heteroatoms. The third-order valence-electron chi connectivity index (χ3n) is 3.95. The van der Waals surface area contributed by atoms with Crippen LogP contribution in [0.5, 0.6) is 0 Å². The second kappa shape index (κ2) is 7.73. The molecule has 0 aliphatic carbocycles. The summed E-state index contributed by atoms with van der Waals surface area (Å²) in [7, 11) is 0. The Hall–Kier alpha value is -0.420. The molecule has 1 aromatic carbocycles. The van der Waals surface area contributed by atoms with E-state index in [-0.39, 0.29) is 30.4 Å². The van der Waals surface area contributed by atoms with Crippen LogP contribution in [0, 0.1) is 0 Å². The van der Waals surface area contributed by atoms with Crippen LogP contribution in [0.4, 0.5) is 0 Å². The number of hydrogen-bond donors (Lipinski definition) is 2. The number of thioether (sulfide) groups is 1. The van der Waals surface area contributed by atoms with Crippen LogP contribution in [0.1, 0.15) is 37.3 Å². The monoisotopic (exact) mass is 346 g/mol. The molecule has 1 amide bonds. The predicted octanol–water partition coefficient (Wildman–Crippen LogP) is 3.56. The zero-order valence-corrected chi connectivity index (χ0v) is 14.1. The minimum Gasteiger partial charge on any atom is -0.348 e. The first-order valence-corrected chi connectivity index (χ1v) is 8.56. The van der Waals surface area contributed by atoms with Gasteiger partial charge in [0.25, 0.3) is 0 Å². The molecule has 1 saturated heterocycles. The first-order valence-electron chi connectivity index (χ1n) is 7.20. The van der Waals surface area contributed by atoms with Gasteiger partial charge in [-0.15, -0.1) is 24.2 Å². The van der Waals surface area contributed by atoms with E-state index in [0.29, 0.717) is 0 Å². The Kier molecular flexibility index (Phi) is 6.23. The lowest BCUT2D eigenvalue weighted by Gasteiger charge is -2.29. The number of nitrogens with one attached hydrogen (secondary N) is 2. The minimum atomic E-state index is -0.0269. The van der Waals surface area contributed by atoms with Crippen LogP contribution in [0.15, 0.2) is 23.1 Å². The quantitative estimate of drug-likeness (QED) is 0.860. The summed E-state index contributed by atoms with van der Waals surface area (Å²) in [6.07, 6.45) is 4.21. The second-order valence-electron chi connectivity index (χ2n) is 5.38. The SMILES string of the molecule is Cl.O=C(NC1CCSc2ccc(Cl)cc21)[C@H]1CCCCN1. The molecule has 0 radical (unpaired) electrons. The molecule has 0 spiro atoms. The summed E-state index contributed by atoms with van der Waals surface area (Å²) in [5.41, 5.74) is 1.16. The lowest BCUT2D eigenvalue weighted by Crippen LogP contribution is -2.47. The molecule has 3 nitrogen and oxygen atoms in total. The fraction of sp³-hybridized carbons (Fsp3) is 0.533. The van der Waals surface area contributed by atoms with Crippen molar-refractivity contribution in [1.29, 1.82) is 0 Å². The molecule has 1 aromatic rings. The van der Waals surface area contributed by atoms with E-state index in [1.807, 2.05) is 23.9 Å². The van der Waals surface area contributed by atoms with Crippen molar-refractivity contribution in [2.45, 2.75) is 42.7 Å². The van der Waals surface area contributed by atoms with Gasteiger partial charge in [-0.05, 0) is 49.6 Å². The van der Waals surface area contributed by atoms with Gasteiger partial charge in [0.15, 0.2) is 0 Å². The Morgan fingerprint density at radius 1 is 1.33 bits per heavy atom. The molecule has 2 N–H and O–H groups in total. The second-order valence-corrected chi connectivity index (χ2v) is 6.96. The molecular weight excluding hydrogens is 327 g/mol. The lowest BCUT2D eigenvalue weighted by molar-refractivity contribution is -0.124. The van der Waals surface area contributed by atoms with Gasteiger partial charge in [-0.25, -0.2) is 0 Å². The number of rotatable bonds is 2. The van der Waals surface area contributed by atoms with Crippen molar-refractivity contribution < 1.29 is 4.79 Å². The van der Waals surface area contributed by atoms with E-state index in [1.54, 1.807) is 0 Å². The van der Waals surface area contributed by atoms with Crippen molar-refractivity contribution in [3.8, 4) is 0 Å². The maximum atomic E-state index is 12.3. The summed E-state index contributed by atoms with van der Waals surface area (Å²) in [5.74, 6) is 1.17. The number of amides is 1. The predicted molar refractivity (Wildman–Crippen MR) is 90.6 cm³/mol. The van der Waals surface area contributed by atoms with Gasteiger partial charge >= 0.3 is 0 Å². The third-order valence-corrected chi connectivity index (χ3v) is 5.31. The molecule has 2 atom stereocenters. The first-order chi connectivity index (χ1) is 9.74. The lowest BCUT2D eigenvalue weighted by atomic mass is 10.0. The smallest absolute Gasteiger partial charge is 0.237 e. The largest absolute Gasteiger partial charge is 0.348 e. The van der Waals surface area contributed by atoms with Crippen LogP contribution < -0.4 is 10.6 Å². The molecule has 1 fully saturated rings. The molecule has 0 saturated carbocycles. The molecule has 2 heterocycles. The summed E-state index contributed by atoms with van der Waals surface area (Å²) in [4.78, 5) is 13.6. The van der Waals surface area contributed by atoms with E-state index < -0.39 is 0 Å². The number of carbonyl (C=O) groups excluding carboxylic acids is 1. The van der Waals surface area contributed by atoms with Gasteiger partial charge in [0, 0.05) is 15.7 Å². The van der Waals surface area contributed by atoms with Gasteiger partial charge in [0.1, 0.15) is 0 Å². The Morgan fingerprint density at radius 2 is 2.19 bits per heavy atom. The molecule has 2 aliphatic heterocycles. The molecule has 1 unspecified atom stereocenters. The number of halogens is 2. The van der Waals surface area contributed by atoms with Gasteiger partial charge in [0.05, 0.1) is 12.1 Å². The number of benzene rings is 1. The highest BCUT2D eigenvalue weighted by Gasteiger charge is 2.26. The molecule has 0 bridgehead atoms. The Morgan fingerprint density at radius 3 is 2.95 bits per heavy atom. The van der Waals surface area contributed by atoms with Crippen molar-refractivity contribution in [1.82, 2.24) is 10.6 Å². The highest BCUT2D eigenvalue weighted by atomic mass is 35.5. The van der Waals surface area contributed by atoms with E-state index in [4.69, 9.17) is 11.6 Å². The van der Waals surface area contributed by atoms with Gasteiger partial charge in [-0.3, -0.25) is 4.79 Å². The molecule has 21 heavy (non-hydrogen) atoms. The fourth-order valence-electron chi connectivity index (χ4n) is 2.86. The van der Waals surface area contributed by atoms with Gasteiger partial charge in [-0.1, -0.05) is 18.0 Å². The molecule has 116 valence electrons. The minimum absolute atomic E-state index is 0. The molecule has 2 aliphatic rings. The topological polar surface area (TPSA) is 41.1 Å². The summed E-state index contributed by atoms with van der Waals surface area (Å²) in [5, 5.41) is 7.24. The Balaban J connectivity index is 0.00000161. The zero-order valence-electron chi connectivity index (χ0n) is 11.7. The zero-order chi connectivity index (χ0) is 13.9. The number of piperidine rings is 1. The maximum Gasteiger partial charge on any atom is 0.237 e. The summed E-state index contributed by atoms with van der Waals surface area (Å²) < 4.78 is 0. The molecular formula is C15H20Cl2N2OS. The van der Waals surface area contributed by atoms with Crippen molar-refractivity contribution in [2.75, 3.05) is 12.3 Å². The van der Waals surface area contributed by atoms with Crippen molar-refractivity contribution in [3.05, 3.63) is 28.8 Å². The van der Waals surface area contributed by atoms with Crippen LogP contribution in [0.25, 0.3) is 0 Å². The summed E-state index contributed by atoms with van der Waals surface area (Å²) in [6.45, 7) is 0.945. The average molecular weight is 347 g/mol.